The number of hydrogen-bond donors (Lipinski definition) is 1. The van der Waals surface area contributed by atoms with Gasteiger partial charge in [0.2, 0.25) is 5.13 Å². The van der Waals surface area contributed by atoms with E-state index in [1.165, 1.54) is 11.3 Å². The Morgan fingerprint density at radius 1 is 1.34 bits per heavy atom. The third-order valence-corrected chi connectivity index (χ3v) is 7.02. The predicted octanol–water partition coefficient (Wildman–Crippen LogP) is 5.34. The summed E-state index contributed by atoms with van der Waals surface area (Å²) in [4.78, 5) is 17.6. The third kappa shape index (κ3) is 6.48. The van der Waals surface area contributed by atoms with Gasteiger partial charge in [-0.1, -0.05) is 47.4 Å². The van der Waals surface area contributed by atoms with Crippen molar-refractivity contribution in [2.75, 3.05) is 32.2 Å². The largest absolute Gasteiger partial charge is 0.494 e. The van der Waals surface area contributed by atoms with Crippen LogP contribution in [0.15, 0.2) is 41.6 Å². The quantitative estimate of drug-likeness (QED) is 0.496. The number of pyridine rings is 1. The molecule has 0 spiro atoms. The lowest BCUT2D eigenvalue weighted by Gasteiger charge is -2.14. The molecular weight excluding hydrogens is 488 g/mol. The molecule has 1 N–H and O–H groups in total. The molecule has 4 rings (SSSR count). The molecule has 0 radical (unpaired) electrons. The molecule has 0 bridgehead atoms. The summed E-state index contributed by atoms with van der Waals surface area (Å²) >= 11 is 7.41. The number of nitrogens with zero attached hydrogens (tertiary/aromatic N) is 3. The Balaban J connectivity index is 1.61. The number of ether oxygens (including phenoxy) is 3. The smallest absolute Gasteiger partial charge is 0.295 e. The molecule has 35 heavy (non-hydrogen) atoms. The SMILES string of the molecule is COc1cnc(Cl)cc1C1=C(C(=O)Nc2nnc(OC[C@H]3COC[C@H]3C)s2)/C=C/CCC/C(C)=C\1. The van der Waals surface area contributed by atoms with E-state index in [-0.39, 0.29) is 5.91 Å². The van der Waals surface area contributed by atoms with Gasteiger partial charge in [-0.3, -0.25) is 10.1 Å². The number of nitrogens with one attached hydrogen (secondary N) is 1. The van der Waals surface area contributed by atoms with Crippen LogP contribution < -0.4 is 14.8 Å². The van der Waals surface area contributed by atoms with Crippen LogP contribution in [0.5, 0.6) is 10.9 Å². The van der Waals surface area contributed by atoms with Crippen LogP contribution in [-0.4, -0.2) is 48.0 Å². The zero-order valence-electron chi connectivity index (χ0n) is 20.0. The summed E-state index contributed by atoms with van der Waals surface area (Å²) in [6.07, 6.45) is 10.2. The molecule has 1 aliphatic carbocycles. The third-order valence-electron chi connectivity index (χ3n) is 6.06. The molecule has 0 saturated carbocycles. The first kappa shape index (κ1) is 25.3. The lowest BCUT2D eigenvalue weighted by molar-refractivity contribution is -0.112. The van der Waals surface area contributed by atoms with E-state index in [1.807, 2.05) is 18.2 Å². The summed E-state index contributed by atoms with van der Waals surface area (Å²) in [5.41, 5.74) is 3.02. The van der Waals surface area contributed by atoms with Crippen molar-refractivity contribution in [3.05, 3.63) is 52.4 Å². The highest BCUT2D eigenvalue weighted by Crippen LogP contribution is 2.34. The zero-order valence-corrected chi connectivity index (χ0v) is 21.6. The van der Waals surface area contributed by atoms with E-state index in [1.54, 1.807) is 19.4 Å². The Labute approximate surface area is 214 Å². The summed E-state index contributed by atoms with van der Waals surface area (Å²) in [5, 5.41) is 12.1. The van der Waals surface area contributed by atoms with E-state index in [9.17, 15) is 4.79 Å². The number of methoxy groups -OCH3 is 1. The van der Waals surface area contributed by atoms with Crippen molar-refractivity contribution in [1.29, 1.82) is 0 Å². The molecule has 1 saturated heterocycles. The fourth-order valence-corrected chi connectivity index (χ4v) is 4.73. The Hall–Kier alpha value is -2.75. The number of carbonyl (C=O) groups excluding carboxylic acids is 1. The van der Waals surface area contributed by atoms with Gasteiger partial charge in [-0.15, -0.1) is 5.10 Å². The maximum Gasteiger partial charge on any atom is 0.295 e. The molecule has 1 fully saturated rings. The number of anilines is 1. The maximum absolute atomic E-state index is 13.5. The minimum Gasteiger partial charge on any atom is -0.494 e. The summed E-state index contributed by atoms with van der Waals surface area (Å²) in [5.74, 6) is 0.990. The minimum atomic E-state index is -0.308. The molecule has 2 aliphatic rings. The Kier molecular flexibility index (Phi) is 8.54. The van der Waals surface area contributed by atoms with Gasteiger partial charge >= 0.3 is 0 Å². The van der Waals surface area contributed by atoms with Gasteiger partial charge in [0.25, 0.3) is 11.1 Å². The van der Waals surface area contributed by atoms with Gasteiger partial charge in [-0.2, -0.15) is 0 Å². The van der Waals surface area contributed by atoms with Crippen LogP contribution in [-0.2, 0) is 9.53 Å². The van der Waals surface area contributed by atoms with Crippen LogP contribution >= 0.6 is 22.9 Å². The number of carbonyl (C=O) groups is 1. The molecule has 1 aliphatic heterocycles. The van der Waals surface area contributed by atoms with Gasteiger partial charge in [-0.25, -0.2) is 4.98 Å². The summed E-state index contributed by atoms with van der Waals surface area (Å²) in [6.45, 7) is 6.14. The van der Waals surface area contributed by atoms with Crippen LogP contribution in [0.25, 0.3) is 5.57 Å². The molecule has 3 heterocycles. The van der Waals surface area contributed by atoms with E-state index >= 15 is 0 Å². The van der Waals surface area contributed by atoms with Crippen molar-refractivity contribution in [3.63, 3.8) is 0 Å². The number of allylic oxidation sites excluding steroid dienone is 4. The van der Waals surface area contributed by atoms with Gasteiger partial charge < -0.3 is 14.2 Å². The standard InChI is InChI=1S/C25H29ClN4O4S/c1-15-7-5-4-6-8-18(19(9-15)20-10-22(26)27-11-21(20)32-3)23(31)28-24-29-30-25(35-24)34-14-17-13-33-12-16(17)2/h6,8-11,16-17H,4-5,7,12-14H2,1-3H3,(H,28,29,31)/b8-6+,15-9-,19-18-/t16-,17-/m1/s1. The molecule has 2 aromatic heterocycles. The Morgan fingerprint density at radius 2 is 2.20 bits per heavy atom. The minimum absolute atomic E-state index is 0.308. The average molecular weight is 517 g/mol. The topological polar surface area (TPSA) is 95.5 Å². The number of rotatable bonds is 7. The monoisotopic (exact) mass is 516 g/mol. The van der Waals surface area contributed by atoms with Gasteiger partial charge in [-0.05, 0) is 55.1 Å². The average Bonchev–Trinajstić information content (AvgIpc) is 3.48. The lowest BCUT2D eigenvalue weighted by Crippen LogP contribution is -2.17. The molecule has 8 nitrogen and oxygen atoms in total. The molecule has 0 unspecified atom stereocenters. The Morgan fingerprint density at radius 3 is 2.97 bits per heavy atom. The van der Waals surface area contributed by atoms with Crippen molar-refractivity contribution in [3.8, 4) is 10.9 Å². The molecule has 2 aromatic rings. The molecule has 2 atom stereocenters. The van der Waals surface area contributed by atoms with Crippen molar-refractivity contribution in [1.82, 2.24) is 15.2 Å². The fraction of sp³-hybridized carbons (Fsp3) is 0.440. The predicted molar refractivity (Wildman–Crippen MR) is 137 cm³/mol. The van der Waals surface area contributed by atoms with E-state index in [0.717, 1.165) is 31.4 Å². The molecule has 186 valence electrons. The highest BCUT2D eigenvalue weighted by Gasteiger charge is 2.25. The normalized spacial score (nSPS) is 25.1. The van der Waals surface area contributed by atoms with Crippen LogP contribution in [0.3, 0.4) is 0 Å². The fourth-order valence-electron chi connectivity index (χ4n) is 3.98. The van der Waals surface area contributed by atoms with Crippen LogP contribution in [0.4, 0.5) is 5.13 Å². The van der Waals surface area contributed by atoms with Gasteiger partial charge in [0.05, 0.1) is 26.5 Å². The summed E-state index contributed by atoms with van der Waals surface area (Å²) < 4.78 is 16.8. The van der Waals surface area contributed by atoms with E-state index in [0.29, 0.717) is 63.0 Å². The van der Waals surface area contributed by atoms with E-state index in [2.05, 4.69) is 34.3 Å². The summed E-state index contributed by atoms with van der Waals surface area (Å²) in [6, 6.07) is 1.71. The second kappa shape index (κ2) is 11.8. The second-order valence-corrected chi connectivity index (χ2v) is 10.1. The first-order valence-electron chi connectivity index (χ1n) is 11.6. The van der Waals surface area contributed by atoms with Crippen molar-refractivity contribution in [2.24, 2.45) is 11.8 Å². The first-order valence-corrected chi connectivity index (χ1v) is 12.8. The van der Waals surface area contributed by atoms with Crippen LogP contribution in [0.2, 0.25) is 5.15 Å². The van der Waals surface area contributed by atoms with E-state index < -0.39 is 0 Å². The Bertz CT molecular complexity index is 1160. The van der Waals surface area contributed by atoms with E-state index in [4.69, 9.17) is 25.8 Å². The number of aromatic nitrogens is 3. The van der Waals surface area contributed by atoms with Crippen molar-refractivity contribution < 1.29 is 19.0 Å². The maximum atomic E-state index is 13.5. The zero-order chi connectivity index (χ0) is 24.8. The van der Waals surface area contributed by atoms with Crippen molar-refractivity contribution >= 4 is 39.5 Å². The summed E-state index contributed by atoms with van der Waals surface area (Å²) in [7, 11) is 1.57. The van der Waals surface area contributed by atoms with Gasteiger partial charge in [0.1, 0.15) is 10.9 Å². The number of hydrogen-bond acceptors (Lipinski definition) is 8. The lowest BCUT2D eigenvalue weighted by atomic mass is 9.96. The second-order valence-electron chi connectivity index (χ2n) is 8.73. The molecule has 1 amide bonds. The van der Waals surface area contributed by atoms with Gasteiger partial charge in [0, 0.05) is 23.7 Å². The van der Waals surface area contributed by atoms with Gasteiger partial charge in [0.15, 0.2) is 0 Å². The van der Waals surface area contributed by atoms with Crippen LogP contribution in [0.1, 0.15) is 38.7 Å². The van der Waals surface area contributed by atoms with Crippen LogP contribution in [0, 0.1) is 11.8 Å². The first-order chi connectivity index (χ1) is 16.9. The van der Waals surface area contributed by atoms with Crippen molar-refractivity contribution in [2.45, 2.75) is 33.1 Å². The number of halogens is 1. The molecule has 0 aromatic carbocycles. The number of amides is 1. The highest BCUT2D eigenvalue weighted by atomic mass is 35.5. The molecular formula is C25H29ClN4O4S. The molecule has 10 heteroatoms. The highest BCUT2D eigenvalue weighted by molar-refractivity contribution is 7.17.